The summed E-state index contributed by atoms with van der Waals surface area (Å²) in [6.45, 7) is 3.37. The van der Waals surface area contributed by atoms with Crippen LogP contribution in [0.5, 0.6) is 0 Å². The fourth-order valence-corrected chi connectivity index (χ4v) is 2.26. The van der Waals surface area contributed by atoms with Crippen molar-refractivity contribution in [2.45, 2.75) is 25.5 Å². The first-order chi connectivity index (χ1) is 8.35. The number of hydrogen-bond acceptors (Lipinski definition) is 4. The predicted molar refractivity (Wildman–Crippen MR) is 63.6 cm³/mol. The van der Waals surface area contributed by atoms with Crippen molar-refractivity contribution in [3.63, 3.8) is 0 Å². The van der Waals surface area contributed by atoms with Crippen LogP contribution in [0.1, 0.15) is 18.9 Å². The van der Waals surface area contributed by atoms with E-state index in [-0.39, 0.29) is 5.69 Å². The van der Waals surface area contributed by atoms with Crippen molar-refractivity contribution in [1.82, 2.24) is 4.90 Å². The number of nitro benzene ring substituents is 1. The first-order valence-corrected chi connectivity index (χ1v) is 5.74. The van der Waals surface area contributed by atoms with Gasteiger partial charge in [-0.1, -0.05) is 0 Å². The van der Waals surface area contributed by atoms with Crippen molar-refractivity contribution in [2.75, 3.05) is 13.1 Å². The molecular formula is C12H15FN2O3. The van der Waals surface area contributed by atoms with Crippen LogP contribution in [-0.4, -0.2) is 33.6 Å². The molecule has 0 aliphatic carbocycles. The molecule has 1 aliphatic rings. The van der Waals surface area contributed by atoms with Crippen molar-refractivity contribution in [1.29, 1.82) is 0 Å². The summed E-state index contributed by atoms with van der Waals surface area (Å²) in [7, 11) is 0. The van der Waals surface area contributed by atoms with Gasteiger partial charge in [-0.15, -0.1) is 0 Å². The van der Waals surface area contributed by atoms with Crippen LogP contribution in [0.2, 0.25) is 0 Å². The summed E-state index contributed by atoms with van der Waals surface area (Å²) in [6.07, 6.45) is 0.657. The van der Waals surface area contributed by atoms with Crippen molar-refractivity contribution >= 4 is 5.69 Å². The number of halogens is 1. The minimum atomic E-state index is -0.723. The summed E-state index contributed by atoms with van der Waals surface area (Å²) in [5.41, 5.74) is -0.408. The number of hydrogen-bond donors (Lipinski definition) is 1. The van der Waals surface area contributed by atoms with E-state index in [4.69, 9.17) is 0 Å². The van der Waals surface area contributed by atoms with Crippen LogP contribution in [0, 0.1) is 15.9 Å². The highest BCUT2D eigenvalue weighted by Crippen LogP contribution is 2.23. The summed E-state index contributed by atoms with van der Waals surface area (Å²) in [5.74, 6) is -0.606. The molecule has 0 aromatic heterocycles. The number of benzene rings is 1. The Bertz CT molecular complexity index is 476. The molecule has 1 saturated heterocycles. The minimum absolute atomic E-state index is 0.240. The summed E-state index contributed by atoms with van der Waals surface area (Å²) in [5, 5.41) is 20.4. The van der Waals surface area contributed by atoms with Crippen LogP contribution >= 0.6 is 0 Å². The first kappa shape index (κ1) is 12.9. The maximum Gasteiger partial charge on any atom is 0.272 e. The summed E-state index contributed by atoms with van der Waals surface area (Å²) >= 11 is 0. The van der Waals surface area contributed by atoms with E-state index in [1.165, 1.54) is 12.1 Å². The van der Waals surface area contributed by atoms with Gasteiger partial charge in [-0.05, 0) is 25.0 Å². The molecule has 1 aromatic rings. The van der Waals surface area contributed by atoms with Gasteiger partial charge >= 0.3 is 0 Å². The Hall–Kier alpha value is -1.53. The molecule has 1 aliphatic heterocycles. The molecule has 1 unspecified atom stereocenters. The maximum atomic E-state index is 13.2. The van der Waals surface area contributed by atoms with E-state index in [2.05, 4.69) is 0 Å². The Morgan fingerprint density at radius 1 is 1.56 bits per heavy atom. The highest BCUT2D eigenvalue weighted by molar-refractivity contribution is 5.35. The van der Waals surface area contributed by atoms with Gasteiger partial charge in [0.1, 0.15) is 5.82 Å². The second kappa shape index (κ2) is 4.62. The average Bonchev–Trinajstić information content (AvgIpc) is 2.57. The lowest BCUT2D eigenvalue weighted by molar-refractivity contribution is -0.385. The van der Waals surface area contributed by atoms with Crippen LogP contribution < -0.4 is 0 Å². The summed E-state index contributed by atoms with van der Waals surface area (Å²) in [4.78, 5) is 12.0. The molecule has 1 aromatic carbocycles. The molecule has 6 heteroatoms. The van der Waals surface area contributed by atoms with E-state index in [1.54, 1.807) is 6.92 Å². The van der Waals surface area contributed by atoms with Gasteiger partial charge in [0.25, 0.3) is 5.69 Å². The number of non-ortho nitro benzene ring substituents is 1. The second-order valence-electron chi connectivity index (χ2n) is 5.03. The van der Waals surface area contributed by atoms with Crippen LogP contribution in [0.15, 0.2) is 18.2 Å². The van der Waals surface area contributed by atoms with Gasteiger partial charge < -0.3 is 5.11 Å². The zero-order valence-electron chi connectivity index (χ0n) is 10.1. The van der Waals surface area contributed by atoms with E-state index in [0.29, 0.717) is 31.6 Å². The molecule has 0 radical (unpaired) electrons. The normalized spacial score (nSPS) is 24.4. The molecule has 18 heavy (non-hydrogen) atoms. The van der Waals surface area contributed by atoms with Crippen molar-refractivity contribution in [2.24, 2.45) is 0 Å². The van der Waals surface area contributed by atoms with Crippen molar-refractivity contribution in [3.05, 3.63) is 39.7 Å². The third-order valence-corrected chi connectivity index (χ3v) is 3.09. The molecule has 1 fully saturated rings. The standard InChI is InChI=1S/C12H15FN2O3/c1-12(16)2-3-14(8-12)7-9-4-10(13)6-11(5-9)15(17)18/h4-6,16H,2-3,7-8H2,1H3. The highest BCUT2D eigenvalue weighted by Gasteiger charge is 2.31. The molecule has 1 N–H and O–H groups in total. The van der Waals surface area contributed by atoms with Crippen molar-refractivity contribution in [3.8, 4) is 0 Å². The molecule has 2 rings (SSSR count). The van der Waals surface area contributed by atoms with Gasteiger partial charge in [-0.25, -0.2) is 4.39 Å². The zero-order valence-corrected chi connectivity index (χ0v) is 10.1. The second-order valence-corrected chi connectivity index (χ2v) is 5.03. The lowest BCUT2D eigenvalue weighted by atomic mass is 10.1. The number of aliphatic hydroxyl groups is 1. The molecular weight excluding hydrogens is 239 g/mol. The Morgan fingerprint density at radius 3 is 2.83 bits per heavy atom. The van der Waals surface area contributed by atoms with Gasteiger partial charge in [-0.3, -0.25) is 15.0 Å². The van der Waals surface area contributed by atoms with Crippen LogP contribution in [0.4, 0.5) is 10.1 Å². The summed E-state index contributed by atoms with van der Waals surface area (Å²) < 4.78 is 13.2. The van der Waals surface area contributed by atoms with Gasteiger partial charge in [0.15, 0.2) is 0 Å². The molecule has 5 nitrogen and oxygen atoms in total. The zero-order chi connectivity index (χ0) is 13.3. The van der Waals surface area contributed by atoms with E-state index in [1.807, 2.05) is 4.90 Å². The van der Waals surface area contributed by atoms with Gasteiger partial charge in [-0.2, -0.15) is 0 Å². The highest BCUT2D eigenvalue weighted by atomic mass is 19.1. The maximum absolute atomic E-state index is 13.2. The van der Waals surface area contributed by atoms with Crippen molar-refractivity contribution < 1.29 is 14.4 Å². The molecule has 0 spiro atoms. The van der Waals surface area contributed by atoms with E-state index in [9.17, 15) is 19.6 Å². The molecule has 0 amide bonds. The molecule has 1 atom stereocenters. The quantitative estimate of drug-likeness (QED) is 0.658. The Balaban J connectivity index is 2.12. The van der Waals surface area contributed by atoms with Crippen LogP contribution in [0.25, 0.3) is 0 Å². The number of rotatable bonds is 3. The first-order valence-electron chi connectivity index (χ1n) is 5.74. The largest absolute Gasteiger partial charge is 0.389 e. The lowest BCUT2D eigenvalue weighted by Crippen LogP contribution is -2.29. The Labute approximate surface area is 104 Å². The monoisotopic (exact) mass is 254 g/mol. The number of β-amino-alcohol motifs (C(OH)–C–C–N with tert-alkyl or cyclic N) is 1. The topological polar surface area (TPSA) is 66.6 Å². The SMILES string of the molecule is CC1(O)CCN(Cc2cc(F)cc([N+](=O)[O-])c2)C1. The van der Waals surface area contributed by atoms with E-state index < -0.39 is 16.3 Å². The molecule has 1 heterocycles. The number of nitro groups is 1. The number of likely N-dealkylation sites (tertiary alicyclic amines) is 1. The smallest absolute Gasteiger partial charge is 0.272 e. The van der Waals surface area contributed by atoms with E-state index >= 15 is 0 Å². The van der Waals surface area contributed by atoms with Gasteiger partial charge in [0.2, 0.25) is 0 Å². The third kappa shape index (κ3) is 3.02. The van der Waals surface area contributed by atoms with Gasteiger partial charge in [0, 0.05) is 25.7 Å². The average molecular weight is 254 g/mol. The van der Waals surface area contributed by atoms with E-state index in [0.717, 1.165) is 6.07 Å². The fraction of sp³-hybridized carbons (Fsp3) is 0.500. The fourth-order valence-electron chi connectivity index (χ4n) is 2.26. The minimum Gasteiger partial charge on any atom is -0.389 e. The van der Waals surface area contributed by atoms with Crippen LogP contribution in [0.3, 0.4) is 0 Å². The van der Waals surface area contributed by atoms with Gasteiger partial charge in [0.05, 0.1) is 16.6 Å². The number of nitrogens with zero attached hydrogens (tertiary/aromatic N) is 2. The molecule has 0 bridgehead atoms. The molecule has 0 saturated carbocycles. The summed E-state index contributed by atoms with van der Waals surface area (Å²) in [6, 6.07) is 3.57. The molecule has 98 valence electrons. The predicted octanol–water partition coefficient (Wildman–Crippen LogP) is 1.69. The van der Waals surface area contributed by atoms with Crippen LogP contribution in [-0.2, 0) is 6.54 Å². The Morgan fingerprint density at radius 2 is 2.28 bits per heavy atom. The third-order valence-electron chi connectivity index (χ3n) is 3.09. The Kier molecular flexibility index (Phi) is 3.32. The lowest BCUT2D eigenvalue weighted by Gasteiger charge is -2.18.